The first-order valence-electron chi connectivity index (χ1n) is 5.88. The number of para-hydroxylation sites is 1. The van der Waals surface area contributed by atoms with Crippen LogP contribution >= 0.6 is 15.9 Å². The van der Waals surface area contributed by atoms with E-state index in [1.807, 2.05) is 18.2 Å². The van der Waals surface area contributed by atoms with Gasteiger partial charge in [-0.2, -0.15) is 0 Å². The molecule has 0 bridgehead atoms. The summed E-state index contributed by atoms with van der Waals surface area (Å²) in [5.74, 6) is 0.862. The van der Waals surface area contributed by atoms with Crippen LogP contribution in [0.2, 0.25) is 0 Å². The number of rotatable bonds is 3. The van der Waals surface area contributed by atoms with E-state index in [2.05, 4.69) is 46.9 Å². The van der Waals surface area contributed by atoms with Crippen molar-refractivity contribution in [2.45, 2.75) is 19.8 Å². The molecule has 1 unspecified atom stereocenters. The van der Waals surface area contributed by atoms with Gasteiger partial charge in [-0.1, -0.05) is 32.0 Å². The molecule has 0 fully saturated rings. The minimum Gasteiger partial charge on any atom is -0.330 e. The Balaban J connectivity index is 2.57. The second-order valence-electron chi connectivity index (χ2n) is 4.65. The highest BCUT2D eigenvalue weighted by molar-refractivity contribution is 9.10. The van der Waals surface area contributed by atoms with Crippen LogP contribution in [0.25, 0.3) is 10.9 Å². The summed E-state index contributed by atoms with van der Waals surface area (Å²) in [5, 5.41) is 1.17. The van der Waals surface area contributed by atoms with Gasteiger partial charge in [0.15, 0.2) is 0 Å². The largest absolute Gasteiger partial charge is 0.330 e. The van der Waals surface area contributed by atoms with E-state index in [4.69, 9.17) is 5.73 Å². The first-order chi connectivity index (χ1) is 8.13. The minimum absolute atomic E-state index is 0.349. The maximum absolute atomic E-state index is 5.87. The zero-order valence-corrected chi connectivity index (χ0v) is 11.7. The average Bonchev–Trinajstić information content (AvgIpc) is 2.30. The Labute approximate surface area is 110 Å². The number of hydrogen-bond donors (Lipinski definition) is 1. The quantitative estimate of drug-likeness (QED) is 0.876. The molecule has 2 N–H and O–H groups in total. The fourth-order valence-corrected chi connectivity index (χ4v) is 2.73. The van der Waals surface area contributed by atoms with Gasteiger partial charge in [-0.25, -0.2) is 4.98 Å². The van der Waals surface area contributed by atoms with Gasteiger partial charge in [-0.15, -0.1) is 0 Å². The van der Waals surface area contributed by atoms with Gasteiger partial charge in [0.05, 0.1) is 5.52 Å². The minimum atomic E-state index is 0.349. The summed E-state index contributed by atoms with van der Waals surface area (Å²) in [7, 11) is 0. The van der Waals surface area contributed by atoms with Crippen molar-refractivity contribution in [3.63, 3.8) is 0 Å². The molecule has 1 aromatic heterocycles. The first-order valence-corrected chi connectivity index (χ1v) is 6.68. The van der Waals surface area contributed by atoms with Gasteiger partial charge >= 0.3 is 0 Å². The summed E-state index contributed by atoms with van der Waals surface area (Å²) in [5.41, 5.74) is 8.10. The van der Waals surface area contributed by atoms with E-state index in [1.54, 1.807) is 0 Å². The lowest BCUT2D eigenvalue weighted by atomic mass is 9.89. The van der Waals surface area contributed by atoms with Gasteiger partial charge in [0.2, 0.25) is 0 Å². The van der Waals surface area contributed by atoms with Crippen molar-refractivity contribution in [2.24, 2.45) is 11.7 Å². The number of nitrogens with zero attached hydrogens (tertiary/aromatic N) is 1. The zero-order valence-electron chi connectivity index (χ0n) is 10.2. The van der Waals surface area contributed by atoms with Crippen LogP contribution in [-0.2, 0) is 0 Å². The van der Waals surface area contributed by atoms with E-state index in [0.29, 0.717) is 18.4 Å². The van der Waals surface area contributed by atoms with Gasteiger partial charge in [-0.3, -0.25) is 0 Å². The van der Waals surface area contributed by atoms with Crippen LogP contribution in [0, 0.1) is 5.92 Å². The smallest absolute Gasteiger partial charge is 0.110 e. The van der Waals surface area contributed by atoms with E-state index in [-0.39, 0.29) is 0 Å². The van der Waals surface area contributed by atoms with Crippen LogP contribution in [0.15, 0.2) is 34.9 Å². The molecule has 1 atom stereocenters. The number of benzene rings is 1. The number of fused-ring (bicyclic) bond motifs is 1. The molecule has 0 aliphatic carbocycles. The Bertz CT molecular complexity index is 523. The molecule has 0 aliphatic rings. The average molecular weight is 293 g/mol. The molecule has 0 amide bonds. The molecule has 0 aliphatic heterocycles. The second-order valence-corrected chi connectivity index (χ2v) is 5.40. The third-order valence-electron chi connectivity index (χ3n) is 3.16. The lowest BCUT2D eigenvalue weighted by Gasteiger charge is -2.20. The lowest BCUT2D eigenvalue weighted by molar-refractivity contribution is 0.504. The topological polar surface area (TPSA) is 38.9 Å². The fourth-order valence-electron chi connectivity index (χ4n) is 2.13. The third-order valence-corrected chi connectivity index (χ3v) is 3.80. The highest BCUT2D eigenvalue weighted by Crippen LogP contribution is 2.31. The predicted molar refractivity (Wildman–Crippen MR) is 76.1 cm³/mol. The SMILES string of the molecule is CC(C)C(CN)c1cc2ccccc2nc1Br. The molecule has 3 heteroatoms. The molecule has 0 spiro atoms. The van der Waals surface area contributed by atoms with Crippen molar-refractivity contribution in [3.05, 3.63) is 40.5 Å². The van der Waals surface area contributed by atoms with Crippen LogP contribution in [-0.4, -0.2) is 11.5 Å². The number of hydrogen-bond acceptors (Lipinski definition) is 2. The molecule has 0 saturated heterocycles. The van der Waals surface area contributed by atoms with E-state index < -0.39 is 0 Å². The number of pyridine rings is 1. The summed E-state index contributed by atoms with van der Waals surface area (Å²) >= 11 is 3.56. The molecule has 0 saturated carbocycles. The molecule has 2 rings (SSSR count). The molecule has 17 heavy (non-hydrogen) atoms. The molecule has 0 radical (unpaired) electrons. The van der Waals surface area contributed by atoms with Crippen molar-refractivity contribution in [2.75, 3.05) is 6.54 Å². The van der Waals surface area contributed by atoms with Crippen molar-refractivity contribution in [3.8, 4) is 0 Å². The summed E-state index contributed by atoms with van der Waals surface area (Å²) in [6.45, 7) is 5.04. The van der Waals surface area contributed by atoms with Gasteiger partial charge in [0.25, 0.3) is 0 Å². The predicted octanol–water partition coefficient (Wildman–Crippen LogP) is 3.70. The summed E-state index contributed by atoms with van der Waals surface area (Å²) in [4.78, 5) is 4.59. The Kier molecular flexibility index (Phi) is 3.79. The Hall–Kier alpha value is -0.930. The Morgan fingerprint density at radius 1 is 1.29 bits per heavy atom. The van der Waals surface area contributed by atoms with Crippen LogP contribution in [0.3, 0.4) is 0 Å². The standard InChI is InChI=1S/C14H17BrN2/c1-9(2)12(8-16)11-7-10-5-3-4-6-13(10)17-14(11)15/h3-7,9,12H,8,16H2,1-2H3. The van der Waals surface area contributed by atoms with Crippen molar-refractivity contribution < 1.29 is 0 Å². The van der Waals surface area contributed by atoms with Crippen LogP contribution < -0.4 is 5.73 Å². The molecular formula is C14H17BrN2. The van der Waals surface area contributed by atoms with E-state index in [0.717, 1.165) is 10.1 Å². The molecular weight excluding hydrogens is 276 g/mol. The monoisotopic (exact) mass is 292 g/mol. The van der Waals surface area contributed by atoms with E-state index in [9.17, 15) is 0 Å². The Morgan fingerprint density at radius 3 is 2.65 bits per heavy atom. The zero-order chi connectivity index (χ0) is 12.4. The maximum Gasteiger partial charge on any atom is 0.110 e. The van der Waals surface area contributed by atoms with Crippen molar-refractivity contribution in [1.29, 1.82) is 0 Å². The highest BCUT2D eigenvalue weighted by atomic mass is 79.9. The lowest BCUT2D eigenvalue weighted by Crippen LogP contribution is -2.18. The normalized spacial score (nSPS) is 13.2. The molecule has 1 aromatic carbocycles. The Morgan fingerprint density at radius 2 is 2.00 bits per heavy atom. The first kappa shape index (κ1) is 12.5. The molecule has 2 aromatic rings. The molecule has 90 valence electrons. The van der Waals surface area contributed by atoms with E-state index in [1.165, 1.54) is 10.9 Å². The highest BCUT2D eigenvalue weighted by Gasteiger charge is 2.18. The van der Waals surface area contributed by atoms with Gasteiger partial charge in [0.1, 0.15) is 4.60 Å². The van der Waals surface area contributed by atoms with Crippen LogP contribution in [0.1, 0.15) is 25.3 Å². The summed E-state index contributed by atoms with van der Waals surface area (Å²) < 4.78 is 0.917. The van der Waals surface area contributed by atoms with Gasteiger partial charge in [-0.05, 0) is 46.1 Å². The van der Waals surface area contributed by atoms with Crippen LogP contribution in [0.4, 0.5) is 0 Å². The fraction of sp³-hybridized carbons (Fsp3) is 0.357. The maximum atomic E-state index is 5.87. The summed E-state index contributed by atoms with van der Waals surface area (Å²) in [6, 6.07) is 10.4. The van der Waals surface area contributed by atoms with Crippen molar-refractivity contribution >= 4 is 26.8 Å². The third kappa shape index (κ3) is 2.50. The summed E-state index contributed by atoms with van der Waals surface area (Å²) in [6.07, 6.45) is 0. The molecule has 1 heterocycles. The number of halogens is 1. The van der Waals surface area contributed by atoms with Crippen LogP contribution in [0.5, 0.6) is 0 Å². The number of aromatic nitrogens is 1. The van der Waals surface area contributed by atoms with Gasteiger partial charge in [0, 0.05) is 11.3 Å². The second kappa shape index (κ2) is 5.15. The number of nitrogens with two attached hydrogens (primary N) is 1. The van der Waals surface area contributed by atoms with E-state index >= 15 is 0 Å². The molecule has 2 nitrogen and oxygen atoms in total. The van der Waals surface area contributed by atoms with Gasteiger partial charge < -0.3 is 5.73 Å². The van der Waals surface area contributed by atoms with Crippen molar-refractivity contribution in [1.82, 2.24) is 4.98 Å².